The molecule has 2 rings (SSSR count). The minimum atomic E-state index is 0.0839. The van der Waals surface area contributed by atoms with Gasteiger partial charge in [0, 0.05) is 13.0 Å². The molecule has 0 unspecified atom stereocenters. The SMILES string of the molecule is CNCCCC(=O)NCc1ccc(-n2cncn2)cc1. The van der Waals surface area contributed by atoms with Gasteiger partial charge in [0.15, 0.2) is 0 Å². The van der Waals surface area contributed by atoms with E-state index >= 15 is 0 Å². The first-order chi connectivity index (χ1) is 9.79. The van der Waals surface area contributed by atoms with Crippen molar-refractivity contribution in [3.8, 4) is 5.69 Å². The van der Waals surface area contributed by atoms with Crippen LogP contribution < -0.4 is 10.6 Å². The van der Waals surface area contributed by atoms with Crippen LogP contribution in [0.2, 0.25) is 0 Å². The number of aromatic nitrogens is 3. The molecular formula is C14H19N5O. The average molecular weight is 273 g/mol. The van der Waals surface area contributed by atoms with Crippen molar-refractivity contribution in [2.75, 3.05) is 13.6 Å². The molecule has 0 bridgehead atoms. The number of carbonyl (C=O) groups is 1. The van der Waals surface area contributed by atoms with Gasteiger partial charge in [-0.3, -0.25) is 4.79 Å². The van der Waals surface area contributed by atoms with Crippen molar-refractivity contribution < 1.29 is 4.79 Å². The molecule has 2 N–H and O–H groups in total. The van der Waals surface area contributed by atoms with Gasteiger partial charge in [-0.2, -0.15) is 5.10 Å². The van der Waals surface area contributed by atoms with Gasteiger partial charge < -0.3 is 10.6 Å². The molecule has 1 aromatic carbocycles. The van der Waals surface area contributed by atoms with E-state index in [1.54, 1.807) is 11.0 Å². The van der Waals surface area contributed by atoms with Crippen molar-refractivity contribution in [2.45, 2.75) is 19.4 Å². The molecular weight excluding hydrogens is 254 g/mol. The van der Waals surface area contributed by atoms with Crippen LogP contribution in [0.25, 0.3) is 5.69 Å². The fraction of sp³-hybridized carbons (Fsp3) is 0.357. The summed E-state index contributed by atoms with van der Waals surface area (Å²) in [4.78, 5) is 15.5. The highest BCUT2D eigenvalue weighted by atomic mass is 16.1. The highest BCUT2D eigenvalue weighted by Gasteiger charge is 2.01. The molecule has 1 amide bonds. The Kier molecular flexibility index (Phi) is 5.25. The summed E-state index contributed by atoms with van der Waals surface area (Å²) in [5.74, 6) is 0.0839. The van der Waals surface area contributed by atoms with Crippen LogP contribution in [0.3, 0.4) is 0 Å². The van der Waals surface area contributed by atoms with E-state index in [1.807, 2.05) is 31.3 Å². The van der Waals surface area contributed by atoms with Gasteiger partial charge in [-0.1, -0.05) is 12.1 Å². The first-order valence-corrected chi connectivity index (χ1v) is 6.65. The Hall–Kier alpha value is -2.21. The van der Waals surface area contributed by atoms with E-state index in [-0.39, 0.29) is 5.91 Å². The second-order valence-electron chi connectivity index (χ2n) is 4.49. The van der Waals surface area contributed by atoms with Crippen molar-refractivity contribution >= 4 is 5.91 Å². The Bertz CT molecular complexity index is 521. The van der Waals surface area contributed by atoms with E-state index in [2.05, 4.69) is 20.7 Å². The molecule has 6 nitrogen and oxygen atoms in total. The number of nitrogens with one attached hydrogen (secondary N) is 2. The van der Waals surface area contributed by atoms with E-state index in [0.29, 0.717) is 13.0 Å². The Morgan fingerprint density at radius 3 is 2.75 bits per heavy atom. The van der Waals surface area contributed by atoms with E-state index in [1.165, 1.54) is 6.33 Å². The van der Waals surface area contributed by atoms with Gasteiger partial charge in [0.25, 0.3) is 0 Å². The largest absolute Gasteiger partial charge is 0.352 e. The molecule has 0 saturated heterocycles. The first-order valence-electron chi connectivity index (χ1n) is 6.65. The quantitative estimate of drug-likeness (QED) is 0.735. The second kappa shape index (κ2) is 7.40. The van der Waals surface area contributed by atoms with Gasteiger partial charge in [-0.05, 0) is 37.7 Å². The monoisotopic (exact) mass is 273 g/mol. The molecule has 0 atom stereocenters. The summed E-state index contributed by atoms with van der Waals surface area (Å²) >= 11 is 0. The summed E-state index contributed by atoms with van der Waals surface area (Å²) in [5.41, 5.74) is 2.02. The van der Waals surface area contributed by atoms with Crippen LogP contribution in [0, 0.1) is 0 Å². The fourth-order valence-corrected chi connectivity index (χ4v) is 1.82. The molecule has 0 aliphatic carbocycles. The number of amides is 1. The van der Waals surface area contributed by atoms with Crippen LogP contribution in [-0.2, 0) is 11.3 Å². The molecule has 0 fully saturated rings. The van der Waals surface area contributed by atoms with Crippen LogP contribution in [0.1, 0.15) is 18.4 Å². The number of nitrogens with zero attached hydrogens (tertiary/aromatic N) is 3. The molecule has 1 heterocycles. The minimum absolute atomic E-state index is 0.0839. The maximum Gasteiger partial charge on any atom is 0.220 e. The third kappa shape index (κ3) is 4.17. The molecule has 0 aliphatic heterocycles. The van der Waals surface area contributed by atoms with Gasteiger partial charge >= 0.3 is 0 Å². The van der Waals surface area contributed by atoms with Gasteiger partial charge in [0.05, 0.1) is 5.69 Å². The smallest absolute Gasteiger partial charge is 0.220 e. The maximum absolute atomic E-state index is 11.6. The average Bonchev–Trinajstić information content (AvgIpc) is 3.00. The van der Waals surface area contributed by atoms with E-state index in [0.717, 1.165) is 24.2 Å². The highest BCUT2D eigenvalue weighted by Crippen LogP contribution is 2.07. The summed E-state index contributed by atoms with van der Waals surface area (Å²) in [6, 6.07) is 7.87. The zero-order valence-electron chi connectivity index (χ0n) is 11.5. The van der Waals surface area contributed by atoms with Crippen molar-refractivity contribution in [3.05, 3.63) is 42.5 Å². The lowest BCUT2D eigenvalue weighted by Gasteiger charge is -2.06. The van der Waals surface area contributed by atoms with Crippen LogP contribution in [0.4, 0.5) is 0 Å². The molecule has 0 aliphatic rings. The molecule has 0 radical (unpaired) electrons. The lowest BCUT2D eigenvalue weighted by molar-refractivity contribution is -0.121. The molecule has 106 valence electrons. The summed E-state index contributed by atoms with van der Waals surface area (Å²) in [7, 11) is 1.88. The minimum Gasteiger partial charge on any atom is -0.352 e. The molecule has 0 spiro atoms. The zero-order chi connectivity index (χ0) is 14.2. The van der Waals surface area contributed by atoms with E-state index in [4.69, 9.17) is 0 Å². The molecule has 1 aromatic heterocycles. The molecule has 2 aromatic rings. The van der Waals surface area contributed by atoms with Crippen molar-refractivity contribution in [3.63, 3.8) is 0 Å². The Morgan fingerprint density at radius 1 is 1.30 bits per heavy atom. The lowest BCUT2D eigenvalue weighted by atomic mass is 10.2. The molecule has 6 heteroatoms. The van der Waals surface area contributed by atoms with Crippen LogP contribution in [-0.4, -0.2) is 34.3 Å². The normalized spacial score (nSPS) is 10.4. The topological polar surface area (TPSA) is 71.8 Å². The number of carbonyl (C=O) groups excluding carboxylic acids is 1. The summed E-state index contributed by atoms with van der Waals surface area (Å²) in [6.07, 6.45) is 4.56. The summed E-state index contributed by atoms with van der Waals surface area (Å²) in [6.45, 7) is 1.41. The Morgan fingerprint density at radius 2 is 2.10 bits per heavy atom. The van der Waals surface area contributed by atoms with Gasteiger partial charge in [0.2, 0.25) is 5.91 Å². The van der Waals surface area contributed by atoms with Crippen LogP contribution >= 0.6 is 0 Å². The second-order valence-corrected chi connectivity index (χ2v) is 4.49. The highest BCUT2D eigenvalue weighted by molar-refractivity contribution is 5.75. The summed E-state index contributed by atoms with van der Waals surface area (Å²) in [5, 5.41) is 10.00. The zero-order valence-corrected chi connectivity index (χ0v) is 11.5. The van der Waals surface area contributed by atoms with Crippen molar-refractivity contribution in [1.29, 1.82) is 0 Å². The molecule has 0 saturated carbocycles. The predicted molar refractivity (Wildman–Crippen MR) is 76.4 cm³/mol. The Balaban J connectivity index is 1.81. The Labute approximate surface area is 118 Å². The number of benzene rings is 1. The van der Waals surface area contributed by atoms with Gasteiger partial charge in [0.1, 0.15) is 12.7 Å². The first kappa shape index (κ1) is 14.2. The number of hydrogen-bond acceptors (Lipinski definition) is 4. The van der Waals surface area contributed by atoms with Gasteiger partial charge in [-0.15, -0.1) is 0 Å². The maximum atomic E-state index is 11.6. The predicted octanol–water partition coefficient (Wildman–Crippen LogP) is 0.883. The lowest BCUT2D eigenvalue weighted by Crippen LogP contribution is -2.23. The van der Waals surface area contributed by atoms with Crippen LogP contribution in [0.5, 0.6) is 0 Å². The third-order valence-corrected chi connectivity index (χ3v) is 2.94. The van der Waals surface area contributed by atoms with Gasteiger partial charge in [-0.25, -0.2) is 9.67 Å². The third-order valence-electron chi connectivity index (χ3n) is 2.94. The van der Waals surface area contributed by atoms with Crippen LogP contribution in [0.15, 0.2) is 36.9 Å². The van der Waals surface area contributed by atoms with E-state index < -0.39 is 0 Å². The number of hydrogen-bond donors (Lipinski definition) is 2. The van der Waals surface area contributed by atoms with Crippen molar-refractivity contribution in [1.82, 2.24) is 25.4 Å². The van der Waals surface area contributed by atoms with Crippen molar-refractivity contribution in [2.24, 2.45) is 0 Å². The summed E-state index contributed by atoms with van der Waals surface area (Å²) < 4.78 is 1.69. The molecule has 20 heavy (non-hydrogen) atoms. The van der Waals surface area contributed by atoms with E-state index in [9.17, 15) is 4.79 Å². The number of rotatable bonds is 7. The fourth-order valence-electron chi connectivity index (χ4n) is 1.82. The standard InChI is InChI=1S/C14H19N5O/c1-15-8-2-3-14(20)17-9-12-4-6-13(7-5-12)19-11-16-10-18-19/h4-7,10-11,15H,2-3,8-9H2,1H3,(H,17,20).